The van der Waals surface area contributed by atoms with Crippen LogP contribution in [-0.4, -0.2) is 55.1 Å². The summed E-state index contributed by atoms with van der Waals surface area (Å²) in [5.74, 6) is 2.44. The average molecular weight is 372 g/mol. The van der Waals surface area contributed by atoms with E-state index in [4.69, 9.17) is 5.73 Å². The number of amides is 1. The van der Waals surface area contributed by atoms with Gasteiger partial charge >= 0.3 is 0 Å². The van der Waals surface area contributed by atoms with Crippen molar-refractivity contribution in [2.75, 3.05) is 38.1 Å². The number of hydrogen-bond donors (Lipinski definition) is 2. The minimum atomic E-state index is 0.138. The van der Waals surface area contributed by atoms with Crippen LogP contribution in [0.5, 0.6) is 0 Å². The minimum Gasteiger partial charge on any atom is -0.354 e. The van der Waals surface area contributed by atoms with Crippen LogP contribution < -0.4 is 16.0 Å². The summed E-state index contributed by atoms with van der Waals surface area (Å²) in [7, 11) is 2.16. The molecule has 1 aliphatic heterocycles. The van der Waals surface area contributed by atoms with Gasteiger partial charge < -0.3 is 20.9 Å². The topological polar surface area (TPSA) is 74.5 Å². The monoisotopic (exact) mass is 371 g/mol. The van der Waals surface area contributed by atoms with Crippen LogP contribution in [-0.2, 0) is 11.3 Å². The van der Waals surface area contributed by atoms with Gasteiger partial charge in [0.15, 0.2) is 0 Å². The highest BCUT2D eigenvalue weighted by Crippen LogP contribution is 2.41. The highest BCUT2D eigenvalue weighted by atomic mass is 16.1. The van der Waals surface area contributed by atoms with E-state index in [-0.39, 0.29) is 11.8 Å². The van der Waals surface area contributed by atoms with Crippen LogP contribution in [0, 0.1) is 17.8 Å². The van der Waals surface area contributed by atoms with Crippen molar-refractivity contribution in [1.82, 2.24) is 15.2 Å². The molecule has 6 heteroatoms. The van der Waals surface area contributed by atoms with Crippen LogP contribution in [0.3, 0.4) is 0 Å². The Morgan fingerprint density at radius 2 is 1.93 bits per heavy atom. The Labute approximate surface area is 162 Å². The van der Waals surface area contributed by atoms with E-state index in [9.17, 15) is 4.79 Å². The van der Waals surface area contributed by atoms with Gasteiger partial charge in [-0.25, -0.2) is 4.98 Å². The number of aromatic nitrogens is 1. The van der Waals surface area contributed by atoms with E-state index in [0.717, 1.165) is 50.4 Å². The number of carbonyl (C=O) groups is 1. The molecule has 3 aliphatic rings. The maximum absolute atomic E-state index is 12.7. The van der Waals surface area contributed by atoms with Crippen LogP contribution in [0.25, 0.3) is 0 Å². The highest BCUT2D eigenvalue weighted by molar-refractivity contribution is 5.78. The van der Waals surface area contributed by atoms with E-state index >= 15 is 0 Å². The molecule has 2 atom stereocenters. The molecule has 2 heterocycles. The number of nitrogens with two attached hydrogens (primary N) is 1. The maximum Gasteiger partial charge on any atom is 0.223 e. The van der Waals surface area contributed by atoms with E-state index in [1.54, 1.807) is 0 Å². The van der Waals surface area contributed by atoms with Crippen molar-refractivity contribution < 1.29 is 4.79 Å². The van der Waals surface area contributed by atoms with Crippen molar-refractivity contribution >= 4 is 11.7 Å². The van der Waals surface area contributed by atoms with Crippen molar-refractivity contribution in [1.29, 1.82) is 0 Å². The first-order chi connectivity index (χ1) is 13.1. The molecule has 2 unspecified atom stereocenters. The fourth-order valence-corrected chi connectivity index (χ4v) is 5.12. The van der Waals surface area contributed by atoms with Crippen LogP contribution in [0.2, 0.25) is 0 Å². The number of fused-ring (bicyclic) bond motifs is 2. The first-order valence-electron chi connectivity index (χ1n) is 10.5. The van der Waals surface area contributed by atoms with E-state index in [2.05, 4.69) is 33.2 Å². The lowest BCUT2D eigenvalue weighted by Crippen LogP contribution is -2.49. The van der Waals surface area contributed by atoms with E-state index in [1.165, 1.54) is 19.3 Å². The molecule has 0 aromatic carbocycles. The van der Waals surface area contributed by atoms with Gasteiger partial charge in [0.2, 0.25) is 5.91 Å². The highest BCUT2D eigenvalue weighted by Gasteiger charge is 2.40. The van der Waals surface area contributed by atoms with Crippen molar-refractivity contribution in [3.8, 4) is 0 Å². The normalized spacial score (nSPS) is 31.6. The Balaban J connectivity index is 1.32. The summed E-state index contributed by atoms with van der Waals surface area (Å²) in [6.07, 6.45) is 7.46. The number of nitrogens with zero attached hydrogens (tertiary/aromatic N) is 3. The maximum atomic E-state index is 12.7. The number of anilines is 1. The Morgan fingerprint density at radius 3 is 2.63 bits per heavy atom. The third-order valence-corrected chi connectivity index (χ3v) is 6.89. The molecule has 2 bridgehead atoms. The molecule has 1 aromatic heterocycles. The van der Waals surface area contributed by atoms with Gasteiger partial charge in [-0.1, -0.05) is 6.42 Å². The van der Waals surface area contributed by atoms with Gasteiger partial charge in [-0.2, -0.15) is 0 Å². The molecule has 1 amide bonds. The van der Waals surface area contributed by atoms with Gasteiger partial charge in [0.25, 0.3) is 0 Å². The Kier molecular flexibility index (Phi) is 5.64. The molecule has 6 nitrogen and oxygen atoms in total. The first-order valence-corrected chi connectivity index (χ1v) is 10.5. The summed E-state index contributed by atoms with van der Waals surface area (Å²) in [5, 5.41) is 3.18. The van der Waals surface area contributed by atoms with E-state index in [1.807, 2.05) is 12.3 Å². The smallest absolute Gasteiger partial charge is 0.223 e. The van der Waals surface area contributed by atoms with Crippen molar-refractivity contribution in [2.24, 2.45) is 23.5 Å². The van der Waals surface area contributed by atoms with Crippen molar-refractivity contribution in [3.63, 3.8) is 0 Å². The molecule has 0 spiro atoms. The van der Waals surface area contributed by atoms with Crippen LogP contribution in [0.1, 0.15) is 37.7 Å². The van der Waals surface area contributed by atoms with Gasteiger partial charge in [-0.05, 0) is 62.3 Å². The molecule has 1 saturated heterocycles. The number of pyridine rings is 1. The van der Waals surface area contributed by atoms with Gasteiger partial charge in [-0.3, -0.25) is 4.79 Å². The largest absolute Gasteiger partial charge is 0.354 e. The molecule has 2 saturated carbocycles. The van der Waals surface area contributed by atoms with Crippen LogP contribution >= 0.6 is 0 Å². The molecule has 1 aromatic rings. The number of hydrogen-bond acceptors (Lipinski definition) is 5. The summed E-state index contributed by atoms with van der Waals surface area (Å²) in [5.41, 5.74) is 7.49. The number of piperazine rings is 1. The third kappa shape index (κ3) is 4.27. The summed E-state index contributed by atoms with van der Waals surface area (Å²) >= 11 is 0. The fourth-order valence-electron chi connectivity index (χ4n) is 5.12. The van der Waals surface area contributed by atoms with Gasteiger partial charge in [0, 0.05) is 50.9 Å². The predicted octanol–water partition coefficient (Wildman–Crippen LogP) is 1.60. The minimum absolute atomic E-state index is 0.138. The predicted molar refractivity (Wildman–Crippen MR) is 107 cm³/mol. The lowest BCUT2D eigenvalue weighted by atomic mass is 9.65. The Hall–Kier alpha value is -1.66. The lowest BCUT2D eigenvalue weighted by molar-refractivity contribution is -0.128. The summed E-state index contributed by atoms with van der Waals surface area (Å²) in [4.78, 5) is 21.9. The molecular weight excluding hydrogens is 338 g/mol. The van der Waals surface area contributed by atoms with Crippen LogP contribution in [0.15, 0.2) is 18.3 Å². The molecule has 148 valence electrons. The van der Waals surface area contributed by atoms with Gasteiger partial charge in [0.1, 0.15) is 5.82 Å². The molecule has 2 aliphatic carbocycles. The van der Waals surface area contributed by atoms with Crippen molar-refractivity contribution in [3.05, 3.63) is 23.9 Å². The third-order valence-electron chi connectivity index (χ3n) is 6.89. The second kappa shape index (κ2) is 8.15. The SMILES string of the molecule is CN1CCN(c2cc(CNC(=O)C3CC4CCCC(C3)C4N)ccn2)CC1. The molecule has 27 heavy (non-hydrogen) atoms. The summed E-state index contributed by atoms with van der Waals surface area (Å²) in [6, 6.07) is 4.44. The number of nitrogens with one attached hydrogen (secondary N) is 1. The standard InChI is InChI=1S/C21H33N5O/c1-25-7-9-26(10-8-25)19-11-15(5-6-23-19)14-24-21(27)18-12-16-3-2-4-17(13-18)20(16)22/h5-6,11,16-18,20H,2-4,7-10,12-14,22H2,1H3,(H,24,27). The Morgan fingerprint density at radius 1 is 1.22 bits per heavy atom. The zero-order chi connectivity index (χ0) is 18.8. The molecule has 4 rings (SSSR count). The fraction of sp³-hybridized carbons (Fsp3) is 0.714. The average Bonchev–Trinajstić information content (AvgIpc) is 2.67. The van der Waals surface area contributed by atoms with E-state index < -0.39 is 0 Å². The molecule has 3 fully saturated rings. The van der Waals surface area contributed by atoms with Gasteiger partial charge in [0.05, 0.1) is 0 Å². The number of likely N-dealkylation sites (N-methyl/N-ethyl adjacent to an activating group) is 1. The molecular formula is C21H33N5O. The van der Waals surface area contributed by atoms with Crippen molar-refractivity contribution in [2.45, 2.75) is 44.7 Å². The van der Waals surface area contributed by atoms with Gasteiger partial charge in [-0.15, -0.1) is 0 Å². The zero-order valence-corrected chi connectivity index (χ0v) is 16.4. The summed E-state index contributed by atoms with van der Waals surface area (Å²) in [6.45, 7) is 4.72. The second-order valence-electron chi connectivity index (χ2n) is 8.73. The Bertz CT molecular complexity index is 644. The molecule has 3 N–H and O–H groups in total. The van der Waals surface area contributed by atoms with E-state index in [0.29, 0.717) is 24.4 Å². The first kappa shape index (κ1) is 18.7. The molecule has 0 radical (unpaired) electrons. The van der Waals surface area contributed by atoms with Crippen LogP contribution in [0.4, 0.5) is 5.82 Å². The quantitative estimate of drug-likeness (QED) is 0.841. The summed E-state index contributed by atoms with van der Waals surface area (Å²) < 4.78 is 0. The zero-order valence-electron chi connectivity index (χ0n) is 16.4. The number of rotatable bonds is 4. The second-order valence-corrected chi connectivity index (χ2v) is 8.73. The number of carbonyl (C=O) groups excluding carboxylic acids is 1. The lowest BCUT2D eigenvalue weighted by Gasteiger charge is -2.43.